The fourth-order valence-electron chi connectivity index (χ4n) is 5.29. The molecule has 4 N–H and O–H groups in total. The quantitative estimate of drug-likeness (QED) is 0.571. The Balaban J connectivity index is 1.57. The highest BCUT2D eigenvalue weighted by molar-refractivity contribution is 6.15. The second kappa shape index (κ2) is 7.38. The van der Waals surface area contributed by atoms with Crippen LogP contribution in [0.4, 0.5) is 10.1 Å². The summed E-state index contributed by atoms with van der Waals surface area (Å²) in [7, 11) is 1.53. The highest BCUT2D eigenvalue weighted by Gasteiger charge is 2.70. The molecule has 0 unspecified atom stereocenters. The van der Waals surface area contributed by atoms with Crippen molar-refractivity contribution in [3.8, 4) is 5.75 Å². The van der Waals surface area contributed by atoms with Crippen molar-refractivity contribution in [2.24, 2.45) is 17.6 Å². The number of primary amides is 1. The standard InChI is InChI=1S/C23H21FN4O5/c1-33-13-5-2-11(3-6-13)10-28-20(30)18-16(9-17(25)29)27-23(19(18)21(28)31)14-8-12(24)4-7-15(14)26-22(23)32/h2-8,16,18-19,27H,9-10H2,1H3,(H2,25,29)(H,26,32)/t16-,18-,19+,23-/m1/s1. The summed E-state index contributed by atoms with van der Waals surface area (Å²) in [6, 6.07) is 9.81. The van der Waals surface area contributed by atoms with Crippen molar-refractivity contribution >= 4 is 29.3 Å². The van der Waals surface area contributed by atoms with Crippen molar-refractivity contribution in [2.45, 2.75) is 24.5 Å². The number of benzene rings is 2. The number of carbonyl (C=O) groups excluding carboxylic acids is 4. The number of hydrogen-bond acceptors (Lipinski definition) is 6. The molecule has 10 heteroatoms. The van der Waals surface area contributed by atoms with Gasteiger partial charge in [0.25, 0.3) is 0 Å². The lowest BCUT2D eigenvalue weighted by atomic mass is 9.76. The van der Waals surface area contributed by atoms with Gasteiger partial charge in [0.15, 0.2) is 0 Å². The van der Waals surface area contributed by atoms with Crippen LogP contribution in [0, 0.1) is 17.7 Å². The third-order valence-corrected chi connectivity index (χ3v) is 6.69. The monoisotopic (exact) mass is 452 g/mol. The fourth-order valence-corrected chi connectivity index (χ4v) is 5.29. The number of ether oxygens (including phenoxy) is 1. The predicted octanol–water partition coefficient (Wildman–Crippen LogP) is 0.630. The zero-order valence-electron chi connectivity index (χ0n) is 17.6. The molecule has 3 aliphatic rings. The minimum atomic E-state index is -1.68. The van der Waals surface area contributed by atoms with E-state index in [2.05, 4.69) is 10.6 Å². The van der Waals surface area contributed by atoms with Gasteiger partial charge in [-0.1, -0.05) is 12.1 Å². The largest absolute Gasteiger partial charge is 0.497 e. The van der Waals surface area contributed by atoms with E-state index in [1.54, 1.807) is 24.3 Å². The van der Waals surface area contributed by atoms with Crippen LogP contribution in [0.25, 0.3) is 0 Å². The number of fused-ring (bicyclic) bond motifs is 4. The molecule has 2 saturated heterocycles. The van der Waals surface area contributed by atoms with Crippen LogP contribution in [0.3, 0.4) is 0 Å². The van der Waals surface area contributed by atoms with Crippen LogP contribution in [-0.2, 0) is 31.3 Å². The maximum absolute atomic E-state index is 14.2. The first-order valence-electron chi connectivity index (χ1n) is 10.4. The van der Waals surface area contributed by atoms with Gasteiger partial charge in [0.1, 0.15) is 17.1 Å². The first-order chi connectivity index (χ1) is 15.8. The molecule has 0 bridgehead atoms. The summed E-state index contributed by atoms with van der Waals surface area (Å²) in [6.07, 6.45) is -0.254. The zero-order chi connectivity index (χ0) is 23.5. The van der Waals surface area contributed by atoms with Crippen molar-refractivity contribution < 1.29 is 28.3 Å². The Kier molecular flexibility index (Phi) is 4.71. The van der Waals surface area contributed by atoms with Gasteiger partial charge in [-0.05, 0) is 35.9 Å². The summed E-state index contributed by atoms with van der Waals surface area (Å²) in [4.78, 5) is 53.1. The molecule has 2 aromatic rings. The number of nitrogens with one attached hydrogen (secondary N) is 2. The van der Waals surface area contributed by atoms with Crippen LogP contribution in [0.1, 0.15) is 17.5 Å². The third-order valence-electron chi connectivity index (χ3n) is 6.69. The second-order valence-electron chi connectivity index (χ2n) is 8.49. The summed E-state index contributed by atoms with van der Waals surface area (Å²) >= 11 is 0. The SMILES string of the molecule is COc1ccc(CN2C(=O)[C@H]3[C@@H](C2=O)[C@@]2(N[C@@H]3CC(N)=O)C(=O)Nc3ccc(F)cc32)cc1. The topological polar surface area (TPSA) is 131 Å². The number of rotatable bonds is 5. The summed E-state index contributed by atoms with van der Waals surface area (Å²) in [5.41, 5.74) is 5.00. The van der Waals surface area contributed by atoms with Gasteiger partial charge in [-0.3, -0.25) is 29.4 Å². The first-order valence-corrected chi connectivity index (χ1v) is 10.4. The molecule has 33 heavy (non-hydrogen) atoms. The van der Waals surface area contributed by atoms with Crippen LogP contribution in [-0.4, -0.2) is 41.7 Å². The van der Waals surface area contributed by atoms with Gasteiger partial charge in [-0.15, -0.1) is 0 Å². The van der Waals surface area contributed by atoms with E-state index in [4.69, 9.17) is 10.5 Å². The van der Waals surface area contributed by atoms with Gasteiger partial charge < -0.3 is 15.8 Å². The van der Waals surface area contributed by atoms with Crippen molar-refractivity contribution in [3.63, 3.8) is 0 Å². The Morgan fingerprint density at radius 3 is 2.55 bits per heavy atom. The van der Waals surface area contributed by atoms with Crippen molar-refractivity contribution in [3.05, 3.63) is 59.4 Å². The minimum absolute atomic E-state index is 0.00827. The molecular formula is C23H21FN4O5. The summed E-state index contributed by atoms with van der Waals surface area (Å²) < 4.78 is 19.3. The molecule has 0 radical (unpaired) electrons. The highest BCUT2D eigenvalue weighted by atomic mass is 19.1. The fraction of sp³-hybridized carbons (Fsp3) is 0.304. The van der Waals surface area contributed by atoms with Crippen LogP contribution in [0.2, 0.25) is 0 Å². The number of anilines is 1. The van der Waals surface area contributed by atoms with Crippen LogP contribution < -0.4 is 21.1 Å². The van der Waals surface area contributed by atoms with E-state index in [0.717, 1.165) is 4.90 Å². The van der Waals surface area contributed by atoms with E-state index in [1.165, 1.54) is 25.3 Å². The van der Waals surface area contributed by atoms with E-state index in [0.29, 0.717) is 17.0 Å². The van der Waals surface area contributed by atoms with Gasteiger partial charge in [0, 0.05) is 23.7 Å². The number of imide groups is 1. The summed E-state index contributed by atoms with van der Waals surface area (Å²) in [6.45, 7) is -0.00827. The smallest absolute Gasteiger partial charge is 0.250 e. The van der Waals surface area contributed by atoms with Crippen molar-refractivity contribution in [2.75, 3.05) is 12.4 Å². The predicted molar refractivity (Wildman–Crippen MR) is 113 cm³/mol. The molecule has 4 atom stereocenters. The molecule has 170 valence electrons. The Hall–Kier alpha value is -3.79. The molecule has 4 amide bonds. The average molecular weight is 452 g/mol. The third kappa shape index (κ3) is 3.01. The van der Waals surface area contributed by atoms with E-state index in [9.17, 15) is 23.6 Å². The lowest BCUT2D eigenvalue weighted by molar-refractivity contribution is -0.143. The average Bonchev–Trinajstić information content (AvgIpc) is 3.34. The maximum Gasteiger partial charge on any atom is 0.250 e. The number of amides is 4. The number of nitrogens with zero attached hydrogens (tertiary/aromatic N) is 1. The van der Waals surface area contributed by atoms with E-state index < -0.39 is 52.9 Å². The number of hydrogen-bond donors (Lipinski definition) is 3. The summed E-state index contributed by atoms with van der Waals surface area (Å²) in [5.74, 6) is -4.43. The highest BCUT2D eigenvalue weighted by Crippen LogP contribution is 2.53. The molecule has 2 fully saturated rings. The molecule has 3 heterocycles. The molecule has 3 aliphatic heterocycles. The molecule has 5 rings (SSSR count). The number of likely N-dealkylation sites (tertiary alicyclic amines) is 1. The van der Waals surface area contributed by atoms with E-state index >= 15 is 0 Å². The Morgan fingerprint density at radius 1 is 1.15 bits per heavy atom. The van der Waals surface area contributed by atoms with E-state index in [1.807, 2.05) is 0 Å². The van der Waals surface area contributed by atoms with Gasteiger partial charge in [0.05, 0.1) is 25.5 Å². The molecule has 0 aliphatic carbocycles. The number of carbonyl (C=O) groups is 4. The second-order valence-corrected chi connectivity index (χ2v) is 8.49. The molecule has 1 spiro atoms. The molecule has 0 saturated carbocycles. The normalized spacial score (nSPS) is 27.6. The van der Waals surface area contributed by atoms with Crippen LogP contribution in [0.5, 0.6) is 5.75 Å². The van der Waals surface area contributed by atoms with E-state index in [-0.39, 0.29) is 18.5 Å². The van der Waals surface area contributed by atoms with Gasteiger partial charge in [0.2, 0.25) is 23.6 Å². The van der Waals surface area contributed by atoms with Gasteiger partial charge in [-0.2, -0.15) is 0 Å². The molecule has 0 aromatic heterocycles. The molecular weight excluding hydrogens is 431 g/mol. The maximum atomic E-state index is 14.2. The lowest BCUT2D eigenvalue weighted by Gasteiger charge is -2.29. The number of halogens is 1. The van der Waals surface area contributed by atoms with Crippen LogP contribution >= 0.6 is 0 Å². The molecule has 9 nitrogen and oxygen atoms in total. The minimum Gasteiger partial charge on any atom is -0.497 e. The Labute approximate surface area is 188 Å². The lowest BCUT2D eigenvalue weighted by Crippen LogP contribution is -2.53. The first kappa shape index (κ1) is 21.1. The van der Waals surface area contributed by atoms with Crippen molar-refractivity contribution in [1.82, 2.24) is 10.2 Å². The van der Waals surface area contributed by atoms with Gasteiger partial charge in [-0.25, -0.2) is 4.39 Å². The van der Waals surface area contributed by atoms with Crippen molar-refractivity contribution in [1.29, 1.82) is 0 Å². The van der Waals surface area contributed by atoms with Gasteiger partial charge >= 0.3 is 0 Å². The zero-order valence-corrected chi connectivity index (χ0v) is 17.6. The Bertz CT molecular complexity index is 1200. The number of nitrogens with two attached hydrogens (primary N) is 1. The number of methoxy groups -OCH3 is 1. The summed E-state index contributed by atoms with van der Waals surface area (Å²) in [5, 5.41) is 5.71. The van der Waals surface area contributed by atoms with Crippen LogP contribution in [0.15, 0.2) is 42.5 Å². The Morgan fingerprint density at radius 2 is 1.88 bits per heavy atom. The molecule has 2 aromatic carbocycles.